The Morgan fingerprint density at radius 1 is 1.02 bits per heavy atom. The molecule has 2 aliphatic heterocycles. The Morgan fingerprint density at radius 2 is 1.77 bits per heavy atom. The van der Waals surface area contributed by atoms with Crippen LogP contribution in [0.3, 0.4) is 0 Å². The fourth-order valence-corrected chi connectivity index (χ4v) is 9.86. The summed E-state index contributed by atoms with van der Waals surface area (Å²) in [5, 5.41) is 45.1. The highest BCUT2D eigenvalue weighted by atomic mass is 16.7. The number of hydrogen-bond acceptors (Lipinski definition) is 10. The number of carbonyl (C=O) groups is 2. The lowest BCUT2D eigenvalue weighted by Crippen LogP contribution is -2.70. The van der Waals surface area contributed by atoms with Crippen molar-refractivity contribution in [1.29, 1.82) is 0 Å². The summed E-state index contributed by atoms with van der Waals surface area (Å²) in [6, 6.07) is 0. The number of esters is 1. The molecular weight excluding hydrogens is 520 g/mol. The lowest BCUT2D eigenvalue weighted by atomic mass is 9.42. The highest BCUT2D eigenvalue weighted by molar-refractivity contribution is 5.90. The van der Waals surface area contributed by atoms with E-state index in [0.29, 0.717) is 38.5 Å². The van der Waals surface area contributed by atoms with E-state index in [-0.39, 0.29) is 36.2 Å². The maximum absolute atomic E-state index is 14.1. The average molecular weight is 565 g/mol. The maximum Gasteiger partial charge on any atom is 0.331 e. The van der Waals surface area contributed by atoms with Crippen LogP contribution in [0.25, 0.3) is 0 Å². The molecule has 0 aromatic carbocycles. The van der Waals surface area contributed by atoms with Crippen molar-refractivity contribution in [3.05, 3.63) is 11.6 Å². The minimum absolute atomic E-state index is 0.138. The van der Waals surface area contributed by atoms with Crippen LogP contribution < -0.4 is 0 Å². The topological polar surface area (TPSA) is 152 Å². The Hall–Kier alpha value is -1.40. The van der Waals surface area contributed by atoms with Crippen LogP contribution in [0.5, 0.6) is 0 Å². The number of ether oxygens (including phenoxy) is 4. The molecule has 0 bridgehead atoms. The number of carbonyl (C=O) groups excluding carboxylic acids is 2. The lowest BCUT2D eigenvalue weighted by molar-refractivity contribution is -0.313. The normalized spacial score (nSPS) is 54.3. The number of Topliss-reactive ketones (excluding diaryl/α,β-unsaturated/α-hetero) is 1. The van der Waals surface area contributed by atoms with Crippen LogP contribution in [0.15, 0.2) is 11.6 Å². The minimum atomic E-state index is -1.34. The second-order valence-electron chi connectivity index (χ2n) is 13.7. The van der Waals surface area contributed by atoms with Gasteiger partial charge in [0.2, 0.25) is 0 Å². The Balaban J connectivity index is 1.22. The highest BCUT2D eigenvalue weighted by Gasteiger charge is 2.73. The second kappa shape index (κ2) is 9.82. The van der Waals surface area contributed by atoms with Crippen LogP contribution in [0, 0.1) is 34.5 Å². The number of ketones is 1. The summed E-state index contributed by atoms with van der Waals surface area (Å²) in [5.41, 5.74) is -1.96. The molecule has 14 atom stereocenters. The van der Waals surface area contributed by atoms with E-state index in [2.05, 4.69) is 6.92 Å². The number of cyclic esters (lactones) is 1. The van der Waals surface area contributed by atoms with E-state index < -0.39 is 65.1 Å². The molecule has 4 N–H and O–H groups in total. The number of aliphatic hydroxyl groups is 4. The zero-order valence-corrected chi connectivity index (χ0v) is 23.8. The molecule has 2 heterocycles. The van der Waals surface area contributed by atoms with E-state index in [4.69, 9.17) is 18.9 Å². The number of rotatable bonds is 4. The molecule has 6 rings (SSSR count). The number of aliphatic hydroxyl groups excluding tert-OH is 3. The van der Waals surface area contributed by atoms with Gasteiger partial charge in [-0.05, 0) is 80.6 Å². The predicted molar refractivity (Wildman–Crippen MR) is 140 cm³/mol. The fourth-order valence-electron chi connectivity index (χ4n) is 9.86. The highest BCUT2D eigenvalue weighted by Crippen LogP contribution is 2.69. The Kier molecular flexibility index (Phi) is 7.05. The van der Waals surface area contributed by atoms with Gasteiger partial charge in [0, 0.05) is 24.5 Å². The number of hydrogen-bond donors (Lipinski definition) is 4. The van der Waals surface area contributed by atoms with Gasteiger partial charge in [-0.2, -0.15) is 0 Å². The molecule has 6 aliphatic rings. The van der Waals surface area contributed by atoms with Gasteiger partial charge < -0.3 is 39.4 Å². The third-order valence-corrected chi connectivity index (χ3v) is 12.2. The zero-order chi connectivity index (χ0) is 28.8. The van der Waals surface area contributed by atoms with Gasteiger partial charge in [-0.15, -0.1) is 0 Å². The summed E-state index contributed by atoms with van der Waals surface area (Å²) < 4.78 is 22.5. The predicted octanol–water partition coefficient (Wildman–Crippen LogP) is 1.26. The molecule has 40 heavy (non-hydrogen) atoms. The van der Waals surface area contributed by atoms with E-state index in [1.165, 1.54) is 13.2 Å². The molecule has 0 radical (unpaired) electrons. The summed E-state index contributed by atoms with van der Waals surface area (Å²) >= 11 is 0. The van der Waals surface area contributed by atoms with Gasteiger partial charge in [-0.25, -0.2) is 4.79 Å². The molecule has 0 spiro atoms. The van der Waals surface area contributed by atoms with Gasteiger partial charge in [-0.3, -0.25) is 4.79 Å². The molecule has 1 unspecified atom stereocenters. The number of fused-ring (bicyclic) bond motifs is 5. The lowest BCUT2D eigenvalue weighted by Gasteiger charge is -2.64. The van der Waals surface area contributed by atoms with Crippen molar-refractivity contribution in [3.63, 3.8) is 0 Å². The molecule has 5 fully saturated rings. The molecular formula is C30H44O10. The van der Waals surface area contributed by atoms with E-state index in [1.807, 2.05) is 6.92 Å². The molecule has 1 saturated heterocycles. The standard InChI is InChI=1S/C30H44O10/c1-14-22(32)25(37-4)24(34)27(39-14)40-17-7-9-28(2)16(12-17)5-6-19-21(28)23(33)26(35)29(3)18(8-10-30(19,29)36)15-11-20(31)38-13-15/h11,14,16-19,21-22,24-27,32,34-36H,5-10,12-13H2,1-4H3/t14-,16-,17+,18-,19-,21-,22+,24-,25+,26-,27?,28+,29+,30+/m1/s1. The Labute approximate surface area is 235 Å². The van der Waals surface area contributed by atoms with Crippen molar-refractivity contribution in [2.75, 3.05) is 13.7 Å². The van der Waals surface area contributed by atoms with Crippen LogP contribution in [0.1, 0.15) is 65.7 Å². The first-order valence-electron chi connectivity index (χ1n) is 14.9. The third-order valence-electron chi connectivity index (χ3n) is 12.2. The molecule has 4 saturated carbocycles. The third kappa shape index (κ3) is 3.86. The minimum Gasteiger partial charge on any atom is -0.458 e. The van der Waals surface area contributed by atoms with Crippen LogP contribution in [-0.4, -0.2) is 94.4 Å². The fraction of sp³-hybridized carbons (Fsp3) is 0.867. The second-order valence-corrected chi connectivity index (χ2v) is 13.7. The van der Waals surface area contributed by atoms with E-state index in [9.17, 15) is 30.0 Å². The number of methoxy groups -OCH3 is 1. The SMILES string of the molecule is CO[C@H]1[C@@H](O)[C@@H](C)OC(O[C@H]2CC[C@@]3(C)[C@H](CC[C@@H]4[C@@H]3C(=O)[C@@H](O)[C@]3(C)[C@@H](C5=CC(=O)OC5)CC[C@]43O)C2)[C@@H]1O. The molecule has 10 heteroatoms. The van der Waals surface area contributed by atoms with Crippen molar-refractivity contribution >= 4 is 11.8 Å². The van der Waals surface area contributed by atoms with Gasteiger partial charge in [0.1, 0.15) is 31.0 Å². The zero-order valence-electron chi connectivity index (χ0n) is 23.8. The summed E-state index contributed by atoms with van der Waals surface area (Å²) in [5.74, 6) is -1.51. The van der Waals surface area contributed by atoms with Crippen molar-refractivity contribution < 1.29 is 49.0 Å². The van der Waals surface area contributed by atoms with Crippen LogP contribution in [0.4, 0.5) is 0 Å². The van der Waals surface area contributed by atoms with E-state index >= 15 is 0 Å². The summed E-state index contributed by atoms with van der Waals surface area (Å²) in [4.78, 5) is 25.9. The maximum atomic E-state index is 14.1. The quantitative estimate of drug-likeness (QED) is 0.290. The summed E-state index contributed by atoms with van der Waals surface area (Å²) in [7, 11) is 1.44. The van der Waals surface area contributed by atoms with Crippen molar-refractivity contribution in [2.24, 2.45) is 34.5 Å². The van der Waals surface area contributed by atoms with E-state index in [1.54, 1.807) is 6.92 Å². The average Bonchev–Trinajstić information content (AvgIpc) is 3.47. The Morgan fingerprint density at radius 3 is 2.45 bits per heavy atom. The summed E-state index contributed by atoms with van der Waals surface area (Å²) in [6.07, 6.45) is 0.0981. The summed E-state index contributed by atoms with van der Waals surface area (Å²) in [6.45, 7) is 5.82. The van der Waals surface area contributed by atoms with Crippen LogP contribution >= 0.6 is 0 Å². The molecule has 4 aliphatic carbocycles. The van der Waals surface area contributed by atoms with Crippen molar-refractivity contribution in [1.82, 2.24) is 0 Å². The van der Waals surface area contributed by atoms with Crippen LogP contribution in [0.2, 0.25) is 0 Å². The first-order valence-corrected chi connectivity index (χ1v) is 14.9. The van der Waals surface area contributed by atoms with E-state index in [0.717, 1.165) is 12.0 Å². The molecule has 224 valence electrons. The van der Waals surface area contributed by atoms with Gasteiger partial charge in [0.25, 0.3) is 0 Å². The van der Waals surface area contributed by atoms with Gasteiger partial charge >= 0.3 is 5.97 Å². The van der Waals surface area contributed by atoms with Gasteiger partial charge in [-0.1, -0.05) is 13.8 Å². The van der Waals surface area contributed by atoms with Crippen LogP contribution in [-0.2, 0) is 28.5 Å². The van der Waals surface area contributed by atoms with Crippen molar-refractivity contribution in [2.45, 2.75) is 114 Å². The van der Waals surface area contributed by atoms with Gasteiger partial charge in [0.15, 0.2) is 12.1 Å². The first-order chi connectivity index (χ1) is 18.9. The molecule has 10 nitrogen and oxygen atoms in total. The molecule has 0 aromatic rings. The Bertz CT molecular complexity index is 1080. The molecule has 0 aromatic heterocycles. The largest absolute Gasteiger partial charge is 0.458 e. The van der Waals surface area contributed by atoms with Gasteiger partial charge in [0.05, 0.1) is 17.8 Å². The smallest absolute Gasteiger partial charge is 0.331 e. The van der Waals surface area contributed by atoms with Crippen molar-refractivity contribution in [3.8, 4) is 0 Å². The molecule has 0 amide bonds. The monoisotopic (exact) mass is 564 g/mol. The first kappa shape index (κ1) is 28.7.